The third-order valence-electron chi connectivity index (χ3n) is 5.98. The number of aryl methyl sites for hydroxylation is 3. The SMILES string of the molecule is Cc1cc(C)c(C)c(OC(=O)c2c(C)cc(OCc3ccccc3)c(C)c2C)c1C. The minimum Gasteiger partial charge on any atom is -0.489 e. The van der Waals surface area contributed by atoms with Gasteiger partial charge in [0.1, 0.15) is 18.1 Å². The van der Waals surface area contributed by atoms with Gasteiger partial charge in [-0.05, 0) is 99.0 Å². The van der Waals surface area contributed by atoms with Crippen molar-refractivity contribution >= 4 is 5.97 Å². The molecule has 3 aromatic rings. The number of carbonyl (C=O) groups excluding carboxylic acids is 1. The van der Waals surface area contributed by atoms with Crippen LogP contribution in [0.3, 0.4) is 0 Å². The van der Waals surface area contributed by atoms with Crippen LogP contribution in [0.4, 0.5) is 0 Å². The van der Waals surface area contributed by atoms with Gasteiger partial charge in [-0.3, -0.25) is 0 Å². The van der Waals surface area contributed by atoms with Crippen LogP contribution in [0, 0.1) is 48.5 Å². The molecule has 156 valence electrons. The maximum absolute atomic E-state index is 13.2. The zero-order valence-electron chi connectivity index (χ0n) is 19.0. The Kier molecular flexibility index (Phi) is 6.31. The van der Waals surface area contributed by atoms with E-state index in [1.54, 1.807) is 0 Å². The average Bonchev–Trinajstić information content (AvgIpc) is 2.72. The lowest BCUT2D eigenvalue weighted by atomic mass is 9.97. The molecular weight excluding hydrogens is 372 g/mol. The highest BCUT2D eigenvalue weighted by molar-refractivity contribution is 5.95. The Morgan fingerprint density at radius 2 is 1.33 bits per heavy atom. The summed E-state index contributed by atoms with van der Waals surface area (Å²) in [5.41, 5.74) is 8.66. The molecule has 0 heterocycles. The molecule has 0 aliphatic rings. The first kappa shape index (κ1) is 21.6. The highest BCUT2D eigenvalue weighted by atomic mass is 16.5. The Balaban J connectivity index is 1.90. The molecule has 0 fully saturated rings. The zero-order chi connectivity index (χ0) is 22.0. The van der Waals surface area contributed by atoms with Gasteiger partial charge in [-0.25, -0.2) is 4.79 Å². The molecule has 3 nitrogen and oxygen atoms in total. The van der Waals surface area contributed by atoms with Crippen LogP contribution in [0.2, 0.25) is 0 Å². The van der Waals surface area contributed by atoms with Crippen LogP contribution < -0.4 is 9.47 Å². The number of carbonyl (C=O) groups is 1. The molecule has 3 aromatic carbocycles. The number of rotatable bonds is 5. The molecule has 0 aromatic heterocycles. The Labute approximate surface area is 179 Å². The first-order valence-corrected chi connectivity index (χ1v) is 10.3. The van der Waals surface area contributed by atoms with E-state index < -0.39 is 0 Å². The molecule has 30 heavy (non-hydrogen) atoms. The first-order valence-electron chi connectivity index (χ1n) is 10.3. The quantitative estimate of drug-likeness (QED) is 0.354. The smallest absolute Gasteiger partial charge is 0.344 e. The molecule has 0 aliphatic heterocycles. The standard InChI is InChI=1S/C27H30O3/c1-16-13-17(2)20(5)26(19(16)4)30-27(28)25-18(3)14-24(21(6)22(25)7)29-15-23-11-9-8-10-12-23/h8-14H,15H2,1-7H3. The summed E-state index contributed by atoms with van der Waals surface area (Å²) < 4.78 is 12.0. The normalized spacial score (nSPS) is 10.8. The summed E-state index contributed by atoms with van der Waals surface area (Å²) in [5.74, 6) is 1.14. The summed E-state index contributed by atoms with van der Waals surface area (Å²) in [5, 5.41) is 0. The predicted octanol–water partition coefficient (Wildman–Crippen LogP) is 6.64. The minimum absolute atomic E-state index is 0.320. The lowest BCUT2D eigenvalue weighted by Gasteiger charge is -2.19. The molecule has 3 rings (SSSR count). The Morgan fingerprint density at radius 1 is 0.733 bits per heavy atom. The van der Waals surface area contributed by atoms with E-state index >= 15 is 0 Å². The lowest BCUT2D eigenvalue weighted by molar-refractivity contribution is 0.0730. The fourth-order valence-corrected chi connectivity index (χ4v) is 3.72. The number of ether oxygens (including phenoxy) is 2. The Morgan fingerprint density at radius 3 is 1.93 bits per heavy atom. The van der Waals surface area contributed by atoms with Gasteiger partial charge in [-0.2, -0.15) is 0 Å². The third-order valence-corrected chi connectivity index (χ3v) is 5.98. The fraction of sp³-hybridized carbons (Fsp3) is 0.296. The number of hydrogen-bond donors (Lipinski definition) is 0. The monoisotopic (exact) mass is 402 g/mol. The van der Waals surface area contributed by atoms with Crippen LogP contribution in [0.15, 0.2) is 42.5 Å². The summed E-state index contributed by atoms with van der Waals surface area (Å²) in [4.78, 5) is 13.2. The molecule has 0 atom stereocenters. The summed E-state index contributed by atoms with van der Waals surface area (Å²) in [6.07, 6.45) is 0. The number of benzene rings is 3. The topological polar surface area (TPSA) is 35.5 Å². The summed E-state index contributed by atoms with van der Waals surface area (Å²) in [6.45, 7) is 14.4. The van der Waals surface area contributed by atoms with Crippen LogP contribution in [0.5, 0.6) is 11.5 Å². The van der Waals surface area contributed by atoms with Crippen molar-refractivity contribution in [2.45, 2.75) is 55.1 Å². The second kappa shape index (κ2) is 8.74. The molecule has 0 N–H and O–H groups in total. The van der Waals surface area contributed by atoms with Gasteiger partial charge in [-0.15, -0.1) is 0 Å². The molecule has 0 spiro atoms. The van der Waals surface area contributed by atoms with Gasteiger partial charge >= 0.3 is 5.97 Å². The summed E-state index contributed by atoms with van der Waals surface area (Å²) in [6, 6.07) is 14.1. The third kappa shape index (κ3) is 4.25. The van der Waals surface area contributed by atoms with Crippen molar-refractivity contribution in [2.75, 3.05) is 0 Å². The molecule has 0 unspecified atom stereocenters. The van der Waals surface area contributed by atoms with Crippen molar-refractivity contribution in [3.8, 4) is 11.5 Å². The molecule has 3 heteroatoms. The molecule has 0 radical (unpaired) electrons. The number of esters is 1. The molecule has 0 saturated heterocycles. The van der Waals surface area contributed by atoms with E-state index in [1.807, 2.05) is 84.9 Å². The van der Waals surface area contributed by atoms with Gasteiger partial charge in [0.05, 0.1) is 5.56 Å². The van der Waals surface area contributed by atoms with E-state index in [9.17, 15) is 4.79 Å². The van der Waals surface area contributed by atoms with E-state index in [2.05, 4.69) is 6.07 Å². The van der Waals surface area contributed by atoms with E-state index in [1.165, 1.54) is 0 Å². The van der Waals surface area contributed by atoms with Crippen LogP contribution in [0.1, 0.15) is 54.9 Å². The van der Waals surface area contributed by atoms with E-state index in [0.717, 1.165) is 50.3 Å². The van der Waals surface area contributed by atoms with Gasteiger partial charge in [0.2, 0.25) is 0 Å². The van der Waals surface area contributed by atoms with Crippen molar-refractivity contribution in [3.63, 3.8) is 0 Å². The molecular formula is C27H30O3. The van der Waals surface area contributed by atoms with Gasteiger partial charge in [-0.1, -0.05) is 36.4 Å². The first-order chi connectivity index (χ1) is 14.2. The van der Waals surface area contributed by atoms with Crippen LogP contribution in [-0.2, 0) is 6.61 Å². The average molecular weight is 403 g/mol. The van der Waals surface area contributed by atoms with Gasteiger partial charge < -0.3 is 9.47 Å². The van der Waals surface area contributed by atoms with E-state index in [0.29, 0.717) is 17.9 Å². The van der Waals surface area contributed by atoms with Crippen LogP contribution in [0.25, 0.3) is 0 Å². The predicted molar refractivity (Wildman–Crippen MR) is 122 cm³/mol. The van der Waals surface area contributed by atoms with Crippen molar-refractivity contribution in [1.82, 2.24) is 0 Å². The van der Waals surface area contributed by atoms with Gasteiger partial charge in [0.25, 0.3) is 0 Å². The van der Waals surface area contributed by atoms with Crippen LogP contribution >= 0.6 is 0 Å². The summed E-state index contributed by atoms with van der Waals surface area (Å²) >= 11 is 0. The van der Waals surface area contributed by atoms with Crippen LogP contribution in [-0.4, -0.2) is 5.97 Å². The maximum atomic E-state index is 13.2. The molecule has 0 bridgehead atoms. The van der Waals surface area contributed by atoms with E-state index in [4.69, 9.17) is 9.47 Å². The highest BCUT2D eigenvalue weighted by Gasteiger charge is 2.21. The van der Waals surface area contributed by atoms with Crippen molar-refractivity contribution in [3.05, 3.63) is 92.5 Å². The number of hydrogen-bond acceptors (Lipinski definition) is 3. The Bertz CT molecular complexity index is 1070. The van der Waals surface area contributed by atoms with Gasteiger partial charge in [0.15, 0.2) is 0 Å². The van der Waals surface area contributed by atoms with Gasteiger partial charge in [0, 0.05) is 0 Å². The van der Waals surface area contributed by atoms with Crippen molar-refractivity contribution < 1.29 is 14.3 Å². The fourth-order valence-electron chi connectivity index (χ4n) is 3.72. The largest absolute Gasteiger partial charge is 0.489 e. The second-order valence-corrected chi connectivity index (χ2v) is 8.07. The molecule has 0 amide bonds. The minimum atomic E-state index is -0.320. The molecule has 0 aliphatic carbocycles. The highest BCUT2D eigenvalue weighted by Crippen LogP contribution is 2.32. The lowest BCUT2D eigenvalue weighted by Crippen LogP contribution is -2.15. The molecule has 0 saturated carbocycles. The van der Waals surface area contributed by atoms with Crippen molar-refractivity contribution in [1.29, 1.82) is 0 Å². The van der Waals surface area contributed by atoms with Crippen molar-refractivity contribution in [2.24, 2.45) is 0 Å². The summed E-state index contributed by atoms with van der Waals surface area (Å²) in [7, 11) is 0. The maximum Gasteiger partial charge on any atom is 0.344 e. The second-order valence-electron chi connectivity index (χ2n) is 8.07. The zero-order valence-corrected chi connectivity index (χ0v) is 19.0. The van der Waals surface area contributed by atoms with E-state index in [-0.39, 0.29) is 5.97 Å². The Hall–Kier alpha value is -3.07.